The molecule has 0 radical (unpaired) electrons. The van der Waals surface area contributed by atoms with Gasteiger partial charge in [-0.2, -0.15) is 0 Å². The standard InChI is InChI=1S/C25H27NO4/c1-19(2)20-11-13-23(14-12-20)30-18-25(27)26-21-7-6-10-24(17-21)29-16-15-28-22-8-4-3-5-9-22/h3-14,17,19H,15-16,18H2,1-2H3,(H,26,27). The Balaban J connectivity index is 1.42. The molecule has 0 aliphatic heterocycles. The molecule has 1 amide bonds. The van der Waals surface area contributed by atoms with E-state index in [2.05, 4.69) is 19.2 Å². The van der Waals surface area contributed by atoms with Crippen LogP contribution in [0.4, 0.5) is 5.69 Å². The number of benzene rings is 3. The number of ether oxygens (including phenoxy) is 3. The summed E-state index contributed by atoms with van der Waals surface area (Å²) in [6, 6.07) is 24.6. The Morgan fingerprint density at radius 1 is 0.767 bits per heavy atom. The first kappa shape index (κ1) is 21.2. The van der Waals surface area contributed by atoms with Gasteiger partial charge in [0.1, 0.15) is 30.5 Å². The van der Waals surface area contributed by atoms with Crippen molar-refractivity contribution in [1.82, 2.24) is 0 Å². The molecule has 1 N–H and O–H groups in total. The van der Waals surface area contributed by atoms with Gasteiger partial charge >= 0.3 is 0 Å². The number of para-hydroxylation sites is 1. The molecule has 3 aromatic rings. The van der Waals surface area contributed by atoms with Gasteiger partial charge in [0.25, 0.3) is 5.91 Å². The number of anilines is 1. The lowest BCUT2D eigenvalue weighted by molar-refractivity contribution is -0.118. The van der Waals surface area contributed by atoms with Crippen LogP contribution in [-0.2, 0) is 4.79 Å². The van der Waals surface area contributed by atoms with E-state index in [1.54, 1.807) is 6.07 Å². The van der Waals surface area contributed by atoms with E-state index in [4.69, 9.17) is 14.2 Å². The van der Waals surface area contributed by atoms with Gasteiger partial charge in [0.2, 0.25) is 0 Å². The first-order chi connectivity index (χ1) is 14.6. The third-order valence-corrected chi connectivity index (χ3v) is 4.40. The zero-order chi connectivity index (χ0) is 21.2. The van der Waals surface area contributed by atoms with Crippen LogP contribution in [0.5, 0.6) is 17.2 Å². The van der Waals surface area contributed by atoms with Crippen molar-refractivity contribution in [2.75, 3.05) is 25.1 Å². The van der Waals surface area contributed by atoms with Crippen LogP contribution in [-0.4, -0.2) is 25.7 Å². The molecule has 0 saturated heterocycles. The van der Waals surface area contributed by atoms with E-state index in [0.29, 0.717) is 36.3 Å². The molecule has 0 aromatic heterocycles. The van der Waals surface area contributed by atoms with Gasteiger partial charge in [-0.3, -0.25) is 4.79 Å². The SMILES string of the molecule is CC(C)c1ccc(OCC(=O)Nc2cccc(OCCOc3ccccc3)c2)cc1. The van der Waals surface area contributed by atoms with E-state index in [-0.39, 0.29) is 12.5 Å². The van der Waals surface area contributed by atoms with Crippen molar-refractivity contribution in [3.8, 4) is 17.2 Å². The van der Waals surface area contributed by atoms with E-state index in [0.717, 1.165) is 5.75 Å². The van der Waals surface area contributed by atoms with E-state index < -0.39 is 0 Å². The molecule has 0 atom stereocenters. The van der Waals surface area contributed by atoms with Gasteiger partial charge in [0.15, 0.2) is 6.61 Å². The summed E-state index contributed by atoms with van der Waals surface area (Å²) in [7, 11) is 0. The number of carbonyl (C=O) groups is 1. The van der Waals surface area contributed by atoms with Crippen molar-refractivity contribution in [3.63, 3.8) is 0 Å². The van der Waals surface area contributed by atoms with Crippen molar-refractivity contribution < 1.29 is 19.0 Å². The van der Waals surface area contributed by atoms with Gasteiger partial charge in [-0.15, -0.1) is 0 Å². The normalized spacial score (nSPS) is 10.5. The highest BCUT2D eigenvalue weighted by Crippen LogP contribution is 2.19. The fourth-order valence-corrected chi connectivity index (χ4v) is 2.79. The van der Waals surface area contributed by atoms with Crippen LogP contribution in [0.1, 0.15) is 25.3 Å². The average Bonchev–Trinajstić information content (AvgIpc) is 2.76. The summed E-state index contributed by atoms with van der Waals surface area (Å²) in [5.41, 5.74) is 1.89. The maximum absolute atomic E-state index is 12.2. The lowest BCUT2D eigenvalue weighted by Crippen LogP contribution is -2.20. The highest BCUT2D eigenvalue weighted by Gasteiger charge is 2.06. The van der Waals surface area contributed by atoms with E-state index in [1.807, 2.05) is 72.8 Å². The van der Waals surface area contributed by atoms with Crippen molar-refractivity contribution in [2.45, 2.75) is 19.8 Å². The van der Waals surface area contributed by atoms with Crippen LogP contribution in [0.2, 0.25) is 0 Å². The number of carbonyl (C=O) groups excluding carboxylic acids is 1. The van der Waals surface area contributed by atoms with Gasteiger partial charge in [0, 0.05) is 11.8 Å². The zero-order valence-corrected chi connectivity index (χ0v) is 17.3. The van der Waals surface area contributed by atoms with E-state index in [1.165, 1.54) is 5.56 Å². The fraction of sp³-hybridized carbons (Fsp3) is 0.240. The summed E-state index contributed by atoms with van der Waals surface area (Å²) in [5.74, 6) is 2.37. The Bertz CT molecular complexity index is 923. The van der Waals surface area contributed by atoms with E-state index in [9.17, 15) is 4.79 Å². The number of nitrogens with one attached hydrogen (secondary N) is 1. The van der Waals surface area contributed by atoms with Gasteiger partial charge in [-0.25, -0.2) is 0 Å². The topological polar surface area (TPSA) is 56.8 Å². The lowest BCUT2D eigenvalue weighted by atomic mass is 10.0. The minimum absolute atomic E-state index is 0.0585. The highest BCUT2D eigenvalue weighted by molar-refractivity contribution is 5.92. The Hall–Kier alpha value is -3.47. The van der Waals surface area contributed by atoms with Gasteiger partial charge < -0.3 is 19.5 Å². The Kier molecular flexibility index (Phi) is 7.72. The maximum atomic E-state index is 12.2. The molecule has 3 rings (SSSR count). The molecule has 0 saturated carbocycles. The summed E-state index contributed by atoms with van der Waals surface area (Å²) >= 11 is 0. The number of hydrogen-bond acceptors (Lipinski definition) is 4. The van der Waals surface area contributed by atoms with Crippen LogP contribution in [0, 0.1) is 0 Å². The Morgan fingerprint density at radius 3 is 2.10 bits per heavy atom. The Labute approximate surface area is 177 Å². The van der Waals surface area contributed by atoms with Gasteiger partial charge in [-0.05, 0) is 47.9 Å². The molecular weight excluding hydrogens is 378 g/mol. The molecule has 0 fully saturated rings. The molecule has 0 spiro atoms. The summed E-state index contributed by atoms with van der Waals surface area (Å²) in [5, 5.41) is 2.82. The zero-order valence-electron chi connectivity index (χ0n) is 17.3. The van der Waals surface area contributed by atoms with Gasteiger partial charge in [0.05, 0.1) is 0 Å². The van der Waals surface area contributed by atoms with Gasteiger partial charge in [-0.1, -0.05) is 50.2 Å². The van der Waals surface area contributed by atoms with Crippen molar-refractivity contribution in [3.05, 3.63) is 84.4 Å². The summed E-state index contributed by atoms with van der Waals surface area (Å²) in [6.07, 6.45) is 0. The van der Waals surface area contributed by atoms with Crippen molar-refractivity contribution in [2.24, 2.45) is 0 Å². The largest absolute Gasteiger partial charge is 0.490 e. The summed E-state index contributed by atoms with van der Waals surface area (Å²) in [6.45, 7) is 5.05. The molecule has 156 valence electrons. The highest BCUT2D eigenvalue weighted by atomic mass is 16.5. The first-order valence-corrected chi connectivity index (χ1v) is 10.0. The van der Waals surface area contributed by atoms with Crippen molar-refractivity contribution in [1.29, 1.82) is 0 Å². The fourth-order valence-electron chi connectivity index (χ4n) is 2.79. The smallest absolute Gasteiger partial charge is 0.262 e. The second-order valence-corrected chi connectivity index (χ2v) is 7.10. The lowest BCUT2D eigenvalue weighted by Gasteiger charge is -2.11. The predicted octanol–water partition coefficient (Wildman–Crippen LogP) is 5.29. The quantitative estimate of drug-likeness (QED) is 0.466. The number of amides is 1. The predicted molar refractivity (Wildman–Crippen MR) is 119 cm³/mol. The molecule has 5 nitrogen and oxygen atoms in total. The van der Waals surface area contributed by atoms with Crippen LogP contribution in [0.15, 0.2) is 78.9 Å². The van der Waals surface area contributed by atoms with Crippen LogP contribution < -0.4 is 19.5 Å². The number of rotatable bonds is 10. The molecule has 0 aliphatic rings. The maximum Gasteiger partial charge on any atom is 0.262 e. The minimum atomic E-state index is -0.229. The molecule has 5 heteroatoms. The minimum Gasteiger partial charge on any atom is -0.490 e. The summed E-state index contributed by atoms with van der Waals surface area (Å²) < 4.78 is 16.9. The Morgan fingerprint density at radius 2 is 1.40 bits per heavy atom. The second-order valence-electron chi connectivity index (χ2n) is 7.10. The van der Waals surface area contributed by atoms with Crippen LogP contribution >= 0.6 is 0 Å². The molecule has 0 unspecified atom stereocenters. The number of hydrogen-bond donors (Lipinski definition) is 1. The van der Waals surface area contributed by atoms with Crippen LogP contribution in [0.3, 0.4) is 0 Å². The summed E-state index contributed by atoms with van der Waals surface area (Å²) in [4.78, 5) is 12.2. The first-order valence-electron chi connectivity index (χ1n) is 10.0. The van der Waals surface area contributed by atoms with Crippen molar-refractivity contribution >= 4 is 11.6 Å². The third-order valence-electron chi connectivity index (χ3n) is 4.40. The second kappa shape index (κ2) is 10.9. The molecule has 0 aliphatic carbocycles. The monoisotopic (exact) mass is 405 g/mol. The molecule has 0 bridgehead atoms. The molecule has 3 aromatic carbocycles. The molecule has 0 heterocycles. The third kappa shape index (κ3) is 6.85. The molecule has 30 heavy (non-hydrogen) atoms. The van der Waals surface area contributed by atoms with Crippen LogP contribution in [0.25, 0.3) is 0 Å². The molecular formula is C25H27NO4. The average molecular weight is 405 g/mol. The van der Waals surface area contributed by atoms with E-state index >= 15 is 0 Å².